The molecular formula is C10H15N3O3S. The minimum atomic E-state index is -3.41. The number of rotatable bonds is 4. The normalized spacial score (nSPS) is 18.1. The van der Waals surface area contributed by atoms with Crippen LogP contribution in [0.1, 0.15) is 5.56 Å². The number of nitrogens with one attached hydrogen (secondary N) is 1. The number of hydrogen-bond donors (Lipinski definition) is 1. The standard InChI is InChI=1S/C10H15N3O3S/c14-17(15,13-4-6-16-7-5-13)12-9-10-2-1-3-11-8-10/h1-3,8,12H,4-7,9H2. The van der Waals surface area contributed by atoms with Gasteiger partial charge in [0.15, 0.2) is 0 Å². The molecule has 0 unspecified atom stereocenters. The van der Waals surface area contributed by atoms with Crippen LogP contribution < -0.4 is 4.72 Å². The van der Waals surface area contributed by atoms with Gasteiger partial charge in [-0.05, 0) is 11.6 Å². The number of nitrogens with zero attached hydrogens (tertiary/aromatic N) is 2. The molecule has 94 valence electrons. The van der Waals surface area contributed by atoms with Crippen molar-refractivity contribution < 1.29 is 13.2 Å². The van der Waals surface area contributed by atoms with Crippen molar-refractivity contribution in [1.82, 2.24) is 14.0 Å². The molecule has 0 aliphatic carbocycles. The van der Waals surface area contributed by atoms with Crippen LogP contribution in [-0.2, 0) is 21.5 Å². The maximum atomic E-state index is 11.9. The Labute approximate surface area is 101 Å². The van der Waals surface area contributed by atoms with Gasteiger partial charge in [-0.2, -0.15) is 17.4 Å². The largest absolute Gasteiger partial charge is 0.379 e. The van der Waals surface area contributed by atoms with Crippen molar-refractivity contribution in [3.05, 3.63) is 30.1 Å². The van der Waals surface area contributed by atoms with Crippen LogP contribution >= 0.6 is 0 Å². The highest BCUT2D eigenvalue weighted by molar-refractivity contribution is 7.87. The van der Waals surface area contributed by atoms with Gasteiger partial charge in [0.05, 0.1) is 13.2 Å². The van der Waals surface area contributed by atoms with Gasteiger partial charge in [0.1, 0.15) is 0 Å². The third-order valence-electron chi connectivity index (χ3n) is 2.49. The van der Waals surface area contributed by atoms with Crippen LogP contribution in [0.5, 0.6) is 0 Å². The van der Waals surface area contributed by atoms with Gasteiger partial charge >= 0.3 is 0 Å². The third-order valence-corrected chi connectivity index (χ3v) is 4.05. The van der Waals surface area contributed by atoms with Gasteiger partial charge in [0.2, 0.25) is 0 Å². The highest BCUT2D eigenvalue weighted by Gasteiger charge is 2.23. The Balaban J connectivity index is 1.93. The zero-order valence-electron chi connectivity index (χ0n) is 9.37. The third kappa shape index (κ3) is 3.47. The quantitative estimate of drug-likeness (QED) is 0.807. The molecule has 0 spiro atoms. The molecule has 1 aliphatic heterocycles. The lowest BCUT2D eigenvalue weighted by Crippen LogP contribution is -2.46. The average molecular weight is 257 g/mol. The van der Waals surface area contributed by atoms with Gasteiger partial charge in [-0.1, -0.05) is 6.07 Å². The van der Waals surface area contributed by atoms with Crippen LogP contribution in [0, 0.1) is 0 Å². The predicted octanol–water partition coefficient (Wildman–Crippen LogP) is -0.252. The summed E-state index contributed by atoms with van der Waals surface area (Å²) in [6, 6.07) is 3.60. The van der Waals surface area contributed by atoms with Gasteiger partial charge in [-0.3, -0.25) is 4.98 Å². The van der Waals surface area contributed by atoms with Crippen LogP contribution in [0.4, 0.5) is 0 Å². The first kappa shape index (κ1) is 12.4. The molecule has 6 nitrogen and oxygen atoms in total. The van der Waals surface area contributed by atoms with E-state index >= 15 is 0 Å². The number of ether oxygens (including phenoxy) is 1. The Morgan fingerprint density at radius 1 is 1.41 bits per heavy atom. The zero-order valence-corrected chi connectivity index (χ0v) is 10.2. The number of morpholine rings is 1. The van der Waals surface area contributed by atoms with Gasteiger partial charge in [-0.25, -0.2) is 0 Å². The van der Waals surface area contributed by atoms with Crippen LogP contribution in [0.2, 0.25) is 0 Å². The minimum absolute atomic E-state index is 0.257. The van der Waals surface area contributed by atoms with Crippen LogP contribution in [0.25, 0.3) is 0 Å². The Bertz CT molecular complexity index is 443. The predicted molar refractivity (Wildman–Crippen MR) is 62.4 cm³/mol. The van der Waals surface area contributed by atoms with Crippen LogP contribution in [-0.4, -0.2) is 44.0 Å². The first-order valence-corrected chi connectivity index (χ1v) is 6.84. The molecular weight excluding hydrogens is 242 g/mol. The second-order valence-corrected chi connectivity index (χ2v) is 5.45. The fourth-order valence-electron chi connectivity index (χ4n) is 1.56. The molecule has 0 saturated carbocycles. The van der Waals surface area contributed by atoms with E-state index in [0.717, 1.165) is 5.56 Å². The summed E-state index contributed by atoms with van der Waals surface area (Å²) < 4.78 is 32.9. The van der Waals surface area contributed by atoms with E-state index in [-0.39, 0.29) is 6.54 Å². The summed E-state index contributed by atoms with van der Waals surface area (Å²) in [7, 11) is -3.41. The summed E-state index contributed by atoms with van der Waals surface area (Å²) in [6.45, 7) is 1.97. The zero-order chi connectivity index (χ0) is 12.1. The smallest absolute Gasteiger partial charge is 0.279 e. The summed E-state index contributed by atoms with van der Waals surface area (Å²) in [5.74, 6) is 0. The molecule has 0 aromatic carbocycles. The molecule has 1 aromatic heterocycles. The molecule has 1 aromatic rings. The topological polar surface area (TPSA) is 71.5 Å². The summed E-state index contributed by atoms with van der Waals surface area (Å²) >= 11 is 0. The Kier molecular flexibility index (Phi) is 4.06. The molecule has 1 aliphatic rings. The van der Waals surface area contributed by atoms with Crippen molar-refractivity contribution >= 4 is 10.2 Å². The van der Waals surface area contributed by atoms with E-state index < -0.39 is 10.2 Å². The fourth-order valence-corrected chi connectivity index (χ4v) is 2.72. The van der Waals surface area contributed by atoms with Gasteiger partial charge in [0.25, 0.3) is 10.2 Å². The van der Waals surface area contributed by atoms with E-state index in [9.17, 15) is 8.42 Å². The van der Waals surface area contributed by atoms with Crippen molar-refractivity contribution in [2.24, 2.45) is 0 Å². The lowest BCUT2D eigenvalue weighted by Gasteiger charge is -2.26. The number of hydrogen-bond acceptors (Lipinski definition) is 4. The fraction of sp³-hybridized carbons (Fsp3) is 0.500. The maximum Gasteiger partial charge on any atom is 0.279 e. The first-order valence-electron chi connectivity index (χ1n) is 5.40. The van der Waals surface area contributed by atoms with Crippen molar-refractivity contribution in [3.8, 4) is 0 Å². The molecule has 1 fully saturated rings. The molecule has 0 atom stereocenters. The van der Waals surface area contributed by atoms with E-state index in [2.05, 4.69) is 9.71 Å². The van der Waals surface area contributed by atoms with Crippen molar-refractivity contribution in [3.63, 3.8) is 0 Å². The lowest BCUT2D eigenvalue weighted by molar-refractivity contribution is 0.0725. The Hall–Kier alpha value is -1.02. The number of aromatic nitrogens is 1. The van der Waals surface area contributed by atoms with E-state index in [1.165, 1.54) is 4.31 Å². The van der Waals surface area contributed by atoms with E-state index in [0.29, 0.717) is 26.3 Å². The van der Waals surface area contributed by atoms with Gasteiger partial charge < -0.3 is 4.74 Å². The van der Waals surface area contributed by atoms with Crippen molar-refractivity contribution in [1.29, 1.82) is 0 Å². The van der Waals surface area contributed by atoms with Crippen LogP contribution in [0.15, 0.2) is 24.5 Å². The molecule has 0 amide bonds. The molecule has 0 radical (unpaired) electrons. The minimum Gasteiger partial charge on any atom is -0.379 e. The summed E-state index contributed by atoms with van der Waals surface area (Å²) in [6.07, 6.45) is 3.29. The molecule has 2 rings (SSSR count). The maximum absolute atomic E-state index is 11.9. The van der Waals surface area contributed by atoms with Crippen molar-refractivity contribution in [2.75, 3.05) is 26.3 Å². The summed E-state index contributed by atoms with van der Waals surface area (Å²) in [5, 5.41) is 0. The van der Waals surface area contributed by atoms with E-state index in [1.54, 1.807) is 18.5 Å². The second kappa shape index (κ2) is 5.54. The molecule has 1 saturated heterocycles. The Morgan fingerprint density at radius 2 is 2.18 bits per heavy atom. The number of pyridine rings is 1. The van der Waals surface area contributed by atoms with Gasteiger partial charge in [0, 0.05) is 32.0 Å². The summed E-state index contributed by atoms with van der Waals surface area (Å²) in [5.41, 5.74) is 0.837. The van der Waals surface area contributed by atoms with Gasteiger partial charge in [-0.15, -0.1) is 0 Å². The lowest BCUT2D eigenvalue weighted by atomic mass is 10.3. The molecule has 0 bridgehead atoms. The molecule has 2 heterocycles. The van der Waals surface area contributed by atoms with E-state index in [4.69, 9.17) is 4.74 Å². The SMILES string of the molecule is O=S(=O)(NCc1cccnc1)N1CCOCC1. The first-order chi connectivity index (χ1) is 8.18. The molecule has 1 N–H and O–H groups in total. The average Bonchev–Trinajstić information content (AvgIpc) is 2.39. The monoisotopic (exact) mass is 257 g/mol. The van der Waals surface area contributed by atoms with Crippen LogP contribution in [0.3, 0.4) is 0 Å². The highest BCUT2D eigenvalue weighted by atomic mass is 32.2. The molecule has 7 heteroatoms. The van der Waals surface area contributed by atoms with Crippen molar-refractivity contribution in [2.45, 2.75) is 6.54 Å². The molecule has 17 heavy (non-hydrogen) atoms. The second-order valence-electron chi connectivity index (χ2n) is 3.70. The summed E-state index contributed by atoms with van der Waals surface area (Å²) in [4.78, 5) is 3.93. The Morgan fingerprint density at radius 3 is 2.82 bits per heavy atom. The van der Waals surface area contributed by atoms with E-state index in [1.807, 2.05) is 6.07 Å². The highest BCUT2D eigenvalue weighted by Crippen LogP contribution is 2.04.